The van der Waals surface area contributed by atoms with Crippen LogP contribution in [0.3, 0.4) is 0 Å². The van der Waals surface area contributed by atoms with Crippen molar-refractivity contribution in [2.75, 3.05) is 5.32 Å². The monoisotopic (exact) mass is 307 g/mol. The lowest BCUT2D eigenvalue weighted by Crippen LogP contribution is -2.45. The quantitative estimate of drug-likeness (QED) is 0.663. The molecule has 2 unspecified atom stereocenters. The average Bonchev–Trinajstić information content (AvgIpc) is 2.39. The molecular formula is C15H21N3O4. The first-order valence-electron chi connectivity index (χ1n) is 7.33. The van der Waals surface area contributed by atoms with E-state index in [1.807, 2.05) is 13.8 Å². The van der Waals surface area contributed by atoms with Crippen LogP contribution in [0.1, 0.15) is 32.3 Å². The minimum atomic E-state index is -0.457. The number of non-ortho nitro benzene ring substituents is 1. The second-order valence-corrected chi connectivity index (χ2v) is 5.78. The van der Waals surface area contributed by atoms with Crippen LogP contribution in [0.2, 0.25) is 0 Å². The van der Waals surface area contributed by atoms with E-state index in [-0.39, 0.29) is 30.0 Å². The van der Waals surface area contributed by atoms with Crippen LogP contribution in [0.4, 0.5) is 16.2 Å². The van der Waals surface area contributed by atoms with Crippen LogP contribution >= 0.6 is 0 Å². The Labute approximate surface area is 129 Å². The number of benzene rings is 1. The summed E-state index contributed by atoms with van der Waals surface area (Å²) in [5.74, 6) is 0. The van der Waals surface area contributed by atoms with Crippen LogP contribution in [-0.2, 0) is 4.74 Å². The zero-order chi connectivity index (χ0) is 16.3. The van der Waals surface area contributed by atoms with Gasteiger partial charge in [-0.15, -0.1) is 0 Å². The molecule has 2 atom stereocenters. The van der Waals surface area contributed by atoms with Gasteiger partial charge in [0.15, 0.2) is 0 Å². The summed E-state index contributed by atoms with van der Waals surface area (Å²) < 4.78 is 5.64. The van der Waals surface area contributed by atoms with E-state index in [0.717, 1.165) is 12.8 Å². The van der Waals surface area contributed by atoms with E-state index in [0.29, 0.717) is 11.3 Å². The number of aryl methyl sites for hydroxylation is 1. The zero-order valence-corrected chi connectivity index (χ0v) is 13.0. The van der Waals surface area contributed by atoms with Gasteiger partial charge in [0.25, 0.3) is 5.69 Å². The van der Waals surface area contributed by atoms with Crippen LogP contribution in [0.25, 0.3) is 0 Å². The number of urea groups is 1. The lowest BCUT2D eigenvalue weighted by atomic mass is 10.0. The SMILES string of the molecule is Cc1cc([N+](=O)[O-])ccc1NC(=O)NC1CC(C)OC(C)C1. The predicted molar refractivity (Wildman–Crippen MR) is 83.0 cm³/mol. The number of rotatable bonds is 3. The van der Waals surface area contributed by atoms with Gasteiger partial charge in [0.2, 0.25) is 0 Å². The van der Waals surface area contributed by atoms with Crippen LogP contribution in [0, 0.1) is 17.0 Å². The van der Waals surface area contributed by atoms with Crippen LogP contribution in [0.15, 0.2) is 18.2 Å². The molecule has 1 fully saturated rings. The molecule has 1 aliphatic rings. The third-order valence-electron chi connectivity index (χ3n) is 3.70. The summed E-state index contributed by atoms with van der Waals surface area (Å²) in [5.41, 5.74) is 1.23. The number of hydrogen-bond acceptors (Lipinski definition) is 4. The topological polar surface area (TPSA) is 93.5 Å². The molecule has 0 saturated carbocycles. The summed E-state index contributed by atoms with van der Waals surface area (Å²) in [6.45, 7) is 5.70. The van der Waals surface area contributed by atoms with Gasteiger partial charge < -0.3 is 15.4 Å². The molecule has 1 saturated heterocycles. The van der Waals surface area contributed by atoms with Crippen molar-refractivity contribution < 1.29 is 14.5 Å². The number of carbonyl (C=O) groups is 1. The van der Waals surface area contributed by atoms with Gasteiger partial charge in [0.1, 0.15) is 0 Å². The molecule has 0 aromatic heterocycles. The van der Waals surface area contributed by atoms with Crippen LogP contribution in [0.5, 0.6) is 0 Å². The van der Waals surface area contributed by atoms with Gasteiger partial charge >= 0.3 is 6.03 Å². The summed E-state index contributed by atoms with van der Waals surface area (Å²) in [5, 5.41) is 16.4. The highest BCUT2D eigenvalue weighted by Gasteiger charge is 2.25. The number of nitro groups is 1. The molecule has 1 aromatic rings. The molecule has 120 valence electrons. The Balaban J connectivity index is 1.96. The minimum Gasteiger partial charge on any atom is -0.375 e. The lowest BCUT2D eigenvalue weighted by Gasteiger charge is -2.32. The molecule has 2 N–H and O–H groups in total. The number of anilines is 1. The van der Waals surface area contributed by atoms with Gasteiger partial charge in [-0.1, -0.05) is 0 Å². The molecule has 7 nitrogen and oxygen atoms in total. The molecule has 22 heavy (non-hydrogen) atoms. The first kappa shape index (κ1) is 16.2. The Bertz CT molecular complexity index is 566. The first-order valence-corrected chi connectivity index (χ1v) is 7.33. The van der Waals surface area contributed by atoms with Crippen molar-refractivity contribution >= 4 is 17.4 Å². The van der Waals surface area contributed by atoms with Crippen molar-refractivity contribution in [3.63, 3.8) is 0 Å². The number of amides is 2. The van der Waals surface area contributed by atoms with E-state index < -0.39 is 4.92 Å². The average molecular weight is 307 g/mol. The Morgan fingerprint density at radius 3 is 2.50 bits per heavy atom. The Morgan fingerprint density at radius 2 is 1.95 bits per heavy atom. The van der Waals surface area contributed by atoms with E-state index in [9.17, 15) is 14.9 Å². The van der Waals surface area contributed by atoms with Gasteiger partial charge in [0.05, 0.1) is 17.1 Å². The predicted octanol–water partition coefficient (Wildman–Crippen LogP) is 2.98. The fourth-order valence-electron chi connectivity index (χ4n) is 2.77. The molecule has 0 bridgehead atoms. The van der Waals surface area contributed by atoms with Crippen molar-refractivity contribution in [1.29, 1.82) is 0 Å². The number of nitrogens with one attached hydrogen (secondary N) is 2. The van der Waals surface area contributed by atoms with E-state index in [1.54, 1.807) is 13.0 Å². The first-order chi connectivity index (χ1) is 10.3. The van der Waals surface area contributed by atoms with E-state index in [2.05, 4.69) is 10.6 Å². The molecule has 0 aliphatic carbocycles. The third kappa shape index (κ3) is 4.17. The number of carbonyl (C=O) groups excluding carboxylic acids is 1. The second-order valence-electron chi connectivity index (χ2n) is 5.78. The fourth-order valence-corrected chi connectivity index (χ4v) is 2.77. The highest BCUT2D eigenvalue weighted by Crippen LogP contribution is 2.22. The maximum Gasteiger partial charge on any atom is 0.319 e. The fraction of sp³-hybridized carbons (Fsp3) is 0.533. The molecule has 0 radical (unpaired) electrons. The Hall–Kier alpha value is -2.15. The van der Waals surface area contributed by atoms with Crippen LogP contribution < -0.4 is 10.6 Å². The van der Waals surface area contributed by atoms with Gasteiger partial charge in [-0.25, -0.2) is 4.79 Å². The lowest BCUT2D eigenvalue weighted by molar-refractivity contribution is -0.384. The van der Waals surface area contributed by atoms with Crippen molar-refractivity contribution in [3.05, 3.63) is 33.9 Å². The van der Waals surface area contributed by atoms with Crippen molar-refractivity contribution in [1.82, 2.24) is 5.32 Å². The molecule has 1 heterocycles. The molecule has 2 rings (SSSR count). The van der Waals surface area contributed by atoms with E-state index >= 15 is 0 Å². The molecule has 1 aromatic carbocycles. The molecular weight excluding hydrogens is 286 g/mol. The van der Waals surface area contributed by atoms with E-state index in [1.165, 1.54) is 12.1 Å². The van der Waals surface area contributed by atoms with Gasteiger partial charge in [0, 0.05) is 23.9 Å². The summed E-state index contributed by atoms with van der Waals surface area (Å²) >= 11 is 0. The summed E-state index contributed by atoms with van der Waals surface area (Å²) in [6.07, 6.45) is 1.79. The third-order valence-corrected chi connectivity index (χ3v) is 3.70. The molecule has 7 heteroatoms. The standard InChI is InChI=1S/C15H21N3O4/c1-9-6-13(18(20)21)4-5-14(9)17-15(19)16-12-7-10(2)22-11(3)8-12/h4-6,10-12H,7-8H2,1-3H3,(H2,16,17,19). The molecule has 1 aliphatic heterocycles. The largest absolute Gasteiger partial charge is 0.375 e. The normalized spacial score (nSPS) is 24.6. The minimum absolute atomic E-state index is 0.00976. The molecule has 0 spiro atoms. The van der Waals surface area contributed by atoms with Crippen molar-refractivity contribution in [2.24, 2.45) is 0 Å². The maximum atomic E-state index is 12.1. The number of nitrogens with zero attached hydrogens (tertiary/aromatic N) is 1. The zero-order valence-electron chi connectivity index (χ0n) is 13.0. The Kier molecular flexibility index (Phi) is 4.97. The van der Waals surface area contributed by atoms with Gasteiger partial charge in [-0.05, 0) is 45.2 Å². The van der Waals surface area contributed by atoms with E-state index in [4.69, 9.17) is 4.74 Å². The van der Waals surface area contributed by atoms with Crippen LogP contribution in [-0.4, -0.2) is 29.2 Å². The maximum absolute atomic E-state index is 12.1. The van der Waals surface area contributed by atoms with Gasteiger partial charge in [-0.2, -0.15) is 0 Å². The second kappa shape index (κ2) is 6.74. The summed E-state index contributed by atoms with van der Waals surface area (Å²) in [4.78, 5) is 22.3. The number of hydrogen-bond donors (Lipinski definition) is 2. The number of nitro benzene ring substituents is 1. The number of ether oxygens (including phenoxy) is 1. The molecule has 2 amide bonds. The summed E-state index contributed by atoms with van der Waals surface area (Å²) in [6, 6.07) is 4.12. The van der Waals surface area contributed by atoms with Crippen molar-refractivity contribution in [3.8, 4) is 0 Å². The summed E-state index contributed by atoms with van der Waals surface area (Å²) in [7, 11) is 0. The highest BCUT2D eigenvalue weighted by atomic mass is 16.6. The smallest absolute Gasteiger partial charge is 0.319 e. The highest BCUT2D eigenvalue weighted by molar-refractivity contribution is 5.90. The van der Waals surface area contributed by atoms with Gasteiger partial charge in [-0.3, -0.25) is 10.1 Å². The van der Waals surface area contributed by atoms with Crippen molar-refractivity contribution in [2.45, 2.75) is 51.9 Å². The Morgan fingerprint density at radius 1 is 1.32 bits per heavy atom.